The summed E-state index contributed by atoms with van der Waals surface area (Å²) < 4.78 is 13.9. The van der Waals surface area contributed by atoms with Gasteiger partial charge in [0.25, 0.3) is 0 Å². The molecule has 0 amide bonds. The van der Waals surface area contributed by atoms with Gasteiger partial charge in [-0.3, -0.25) is 0 Å². The highest BCUT2D eigenvalue weighted by Gasteiger charge is 2.34. The molecule has 5 nitrogen and oxygen atoms in total. The standard InChI is InChI=1S/C8H12O5/c1-8(2,3)13-6(9)5-4-11-7(10)12-5/h5H,4H2,1-3H3. The van der Waals surface area contributed by atoms with E-state index in [0.29, 0.717) is 0 Å². The van der Waals surface area contributed by atoms with Gasteiger partial charge in [0.15, 0.2) is 0 Å². The van der Waals surface area contributed by atoms with Crippen molar-refractivity contribution in [1.82, 2.24) is 0 Å². The highest BCUT2D eigenvalue weighted by molar-refractivity contribution is 5.79. The van der Waals surface area contributed by atoms with Gasteiger partial charge >= 0.3 is 12.1 Å². The number of carbonyl (C=O) groups is 2. The Bertz CT molecular complexity index is 227. The zero-order valence-electron chi connectivity index (χ0n) is 7.83. The maximum absolute atomic E-state index is 11.2. The first kappa shape index (κ1) is 9.83. The number of ether oxygens (including phenoxy) is 3. The fraction of sp³-hybridized carbons (Fsp3) is 0.750. The molecule has 0 saturated carbocycles. The second-order valence-corrected chi connectivity index (χ2v) is 3.70. The maximum atomic E-state index is 11.2. The summed E-state index contributed by atoms with van der Waals surface area (Å²) in [5.74, 6) is -0.571. The molecule has 1 unspecified atom stereocenters. The van der Waals surface area contributed by atoms with Gasteiger partial charge in [-0.05, 0) is 20.8 Å². The van der Waals surface area contributed by atoms with Crippen molar-refractivity contribution >= 4 is 12.1 Å². The second-order valence-electron chi connectivity index (χ2n) is 3.70. The van der Waals surface area contributed by atoms with E-state index in [1.54, 1.807) is 20.8 Å². The summed E-state index contributed by atoms with van der Waals surface area (Å²) in [7, 11) is 0. The highest BCUT2D eigenvalue weighted by Crippen LogP contribution is 2.13. The van der Waals surface area contributed by atoms with E-state index in [0.717, 1.165) is 0 Å². The van der Waals surface area contributed by atoms with Crippen molar-refractivity contribution in [3.63, 3.8) is 0 Å². The molecule has 1 atom stereocenters. The minimum absolute atomic E-state index is 0.0618. The lowest BCUT2D eigenvalue weighted by Gasteiger charge is -2.20. The van der Waals surface area contributed by atoms with Gasteiger partial charge in [0.1, 0.15) is 12.2 Å². The van der Waals surface area contributed by atoms with Crippen LogP contribution in [0.5, 0.6) is 0 Å². The molecule has 1 aliphatic rings. The number of carbonyl (C=O) groups excluding carboxylic acids is 2. The van der Waals surface area contributed by atoms with E-state index in [2.05, 4.69) is 9.47 Å². The molecule has 0 spiro atoms. The number of cyclic esters (lactones) is 2. The van der Waals surface area contributed by atoms with Crippen LogP contribution < -0.4 is 0 Å². The molecule has 0 aliphatic carbocycles. The molecule has 0 aromatic rings. The zero-order valence-corrected chi connectivity index (χ0v) is 7.83. The molecule has 0 aromatic carbocycles. The molecule has 0 N–H and O–H groups in total. The number of hydrogen-bond acceptors (Lipinski definition) is 5. The van der Waals surface area contributed by atoms with Crippen LogP contribution in [0.4, 0.5) is 4.79 Å². The Balaban J connectivity index is 2.45. The van der Waals surface area contributed by atoms with Crippen LogP contribution in [-0.4, -0.2) is 30.4 Å². The van der Waals surface area contributed by atoms with Gasteiger partial charge in [-0.15, -0.1) is 0 Å². The molecule has 1 heterocycles. The first-order valence-electron chi connectivity index (χ1n) is 3.95. The Morgan fingerprint density at radius 3 is 2.54 bits per heavy atom. The Kier molecular flexibility index (Phi) is 2.45. The molecule has 0 aromatic heterocycles. The summed E-state index contributed by atoms with van der Waals surface area (Å²) >= 11 is 0. The molecule has 0 radical (unpaired) electrons. The van der Waals surface area contributed by atoms with E-state index in [4.69, 9.17) is 4.74 Å². The molecule has 1 saturated heterocycles. The summed E-state index contributed by atoms with van der Waals surface area (Å²) in [5.41, 5.74) is -0.577. The van der Waals surface area contributed by atoms with Crippen molar-refractivity contribution in [2.24, 2.45) is 0 Å². The van der Waals surface area contributed by atoms with E-state index in [-0.39, 0.29) is 6.61 Å². The minimum Gasteiger partial charge on any atom is -0.457 e. The van der Waals surface area contributed by atoms with Gasteiger partial charge < -0.3 is 14.2 Å². The van der Waals surface area contributed by atoms with Crippen LogP contribution in [0.15, 0.2) is 0 Å². The predicted octanol–water partition coefficient (Wildman–Crippen LogP) is 0.863. The summed E-state index contributed by atoms with van der Waals surface area (Å²) in [6, 6.07) is 0. The molecule has 0 bridgehead atoms. The van der Waals surface area contributed by atoms with Gasteiger partial charge in [-0.2, -0.15) is 0 Å². The van der Waals surface area contributed by atoms with Crippen molar-refractivity contribution in [1.29, 1.82) is 0 Å². The molecule has 5 heteroatoms. The Morgan fingerprint density at radius 1 is 1.54 bits per heavy atom. The third-order valence-electron chi connectivity index (χ3n) is 1.26. The van der Waals surface area contributed by atoms with Crippen LogP contribution >= 0.6 is 0 Å². The summed E-state index contributed by atoms with van der Waals surface area (Å²) in [5, 5.41) is 0. The predicted molar refractivity (Wildman–Crippen MR) is 42.1 cm³/mol. The lowest BCUT2D eigenvalue weighted by Crippen LogP contribution is -2.33. The van der Waals surface area contributed by atoms with Crippen molar-refractivity contribution < 1.29 is 23.8 Å². The van der Waals surface area contributed by atoms with Gasteiger partial charge in [0.2, 0.25) is 6.10 Å². The lowest BCUT2D eigenvalue weighted by molar-refractivity contribution is -0.163. The van der Waals surface area contributed by atoms with Crippen molar-refractivity contribution in [3.05, 3.63) is 0 Å². The molecular formula is C8H12O5. The summed E-state index contributed by atoms with van der Waals surface area (Å²) in [4.78, 5) is 21.7. The SMILES string of the molecule is CC(C)(C)OC(=O)C1COC(=O)O1. The normalized spacial score (nSPS) is 22.1. The van der Waals surface area contributed by atoms with Crippen molar-refractivity contribution in [2.45, 2.75) is 32.5 Å². The van der Waals surface area contributed by atoms with Crippen LogP contribution in [-0.2, 0) is 19.0 Å². The van der Waals surface area contributed by atoms with Crippen LogP contribution in [0.2, 0.25) is 0 Å². The largest absolute Gasteiger partial charge is 0.509 e. The Labute approximate surface area is 76.0 Å². The van der Waals surface area contributed by atoms with E-state index in [1.807, 2.05) is 0 Å². The Morgan fingerprint density at radius 2 is 2.15 bits per heavy atom. The van der Waals surface area contributed by atoms with Crippen molar-refractivity contribution in [2.75, 3.05) is 6.61 Å². The average Bonchev–Trinajstić information content (AvgIpc) is 2.31. The number of hydrogen-bond donors (Lipinski definition) is 0. The van der Waals surface area contributed by atoms with E-state index in [9.17, 15) is 9.59 Å². The van der Waals surface area contributed by atoms with Gasteiger partial charge in [0, 0.05) is 0 Å². The molecule has 1 aliphatic heterocycles. The molecule has 1 rings (SSSR count). The van der Waals surface area contributed by atoms with E-state index < -0.39 is 23.8 Å². The topological polar surface area (TPSA) is 61.8 Å². The fourth-order valence-corrected chi connectivity index (χ4v) is 0.812. The van der Waals surface area contributed by atoms with Gasteiger partial charge in [0.05, 0.1) is 0 Å². The van der Waals surface area contributed by atoms with E-state index in [1.165, 1.54) is 0 Å². The minimum atomic E-state index is -0.910. The van der Waals surface area contributed by atoms with E-state index >= 15 is 0 Å². The smallest absolute Gasteiger partial charge is 0.457 e. The van der Waals surface area contributed by atoms with Crippen molar-refractivity contribution in [3.8, 4) is 0 Å². The third-order valence-corrected chi connectivity index (χ3v) is 1.26. The van der Waals surface area contributed by atoms with Crippen LogP contribution in [0, 0.1) is 0 Å². The lowest BCUT2D eigenvalue weighted by atomic mass is 10.2. The molecule has 13 heavy (non-hydrogen) atoms. The van der Waals surface area contributed by atoms with Crippen LogP contribution in [0.1, 0.15) is 20.8 Å². The Hall–Kier alpha value is -1.26. The second kappa shape index (κ2) is 3.24. The maximum Gasteiger partial charge on any atom is 0.509 e. The first-order chi connectivity index (χ1) is 5.88. The average molecular weight is 188 g/mol. The molecule has 1 fully saturated rings. The van der Waals surface area contributed by atoms with Gasteiger partial charge in [-0.25, -0.2) is 9.59 Å². The number of rotatable bonds is 1. The first-order valence-corrected chi connectivity index (χ1v) is 3.95. The highest BCUT2D eigenvalue weighted by atomic mass is 16.8. The third kappa shape index (κ3) is 2.93. The van der Waals surface area contributed by atoms with Crippen LogP contribution in [0.25, 0.3) is 0 Å². The zero-order chi connectivity index (χ0) is 10.1. The number of esters is 1. The quantitative estimate of drug-likeness (QED) is 0.571. The summed E-state index contributed by atoms with van der Waals surface area (Å²) in [6.45, 7) is 5.15. The fourth-order valence-electron chi connectivity index (χ4n) is 0.812. The van der Waals surface area contributed by atoms with Gasteiger partial charge in [-0.1, -0.05) is 0 Å². The van der Waals surface area contributed by atoms with Crippen LogP contribution in [0.3, 0.4) is 0 Å². The molecule has 74 valence electrons. The molecular weight excluding hydrogens is 176 g/mol. The monoisotopic (exact) mass is 188 g/mol. The summed E-state index contributed by atoms with van der Waals surface area (Å²) in [6.07, 6.45) is -1.73.